The van der Waals surface area contributed by atoms with Gasteiger partial charge in [0.15, 0.2) is 0 Å². The Labute approximate surface area is 95.6 Å². The smallest absolute Gasteiger partial charge is 0.125 e. The Bertz CT molecular complexity index is 374. The Morgan fingerprint density at radius 3 is 2.75 bits per heavy atom. The van der Waals surface area contributed by atoms with Crippen LogP contribution in [-0.2, 0) is 0 Å². The maximum atomic E-state index is 10.4. The van der Waals surface area contributed by atoms with Gasteiger partial charge in [-0.25, -0.2) is 0 Å². The van der Waals surface area contributed by atoms with Crippen molar-refractivity contribution in [3.63, 3.8) is 0 Å². The average Bonchev–Trinajstić information content (AvgIpc) is 2.83. The van der Waals surface area contributed by atoms with Crippen molar-refractivity contribution in [3.05, 3.63) is 29.8 Å². The van der Waals surface area contributed by atoms with Crippen molar-refractivity contribution in [3.8, 4) is 5.75 Å². The maximum Gasteiger partial charge on any atom is 0.125 e. The summed E-state index contributed by atoms with van der Waals surface area (Å²) in [6.07, 6.45) is 2.08. The number of hydrogen-bond acceptors (Lipinski definition) is 3. The first-order chi connectivity index (χ1) is 7.86. The number of ether oxygens (including phenoxy) is 1. The number of rotatable bonds is 1. The van der Waals surface area contributed by atoms with E-state index in [2.05, 4.69) is 4.90 Å². The fraction of sp³-hybridized carbons (Fsp3) is 0.538. The number of para-hydroxylation sites is 1. The Hall–Kier alpha value is -1.06. The van der Waals surface area contributed by atoms with Gasteiger partial charge in [-0.3, -0.25) is 4.90 Å². The van der Waals surface area contributed by atoms with Gasteiger partial charge >= 0.3 is 0 Å². The first kappa shape index (κ1) is 10.1. The van der Waals surface area contributed by atoms with E-state index in [0.717, 1.165) is 24.4 Å². The summed E-state index contributed by atoms with van der Waals surface area (Å²) >= 11 is 0. The first-order valence-electron chi connectivity index (χ1n) is 6.00. The summed E-state index contributed by atoms with van der Waals surface area (Å²) in [5.41, 5.74) is 0.936. The molecule has 0 aromatic heterocycles. The summed E-state index contributed by atoms with van der Waals surface area (Å²) in [7, 11) is 0. The van der Waals surface area contributed by atoms with Crippen molar-refractivity contribution in [2.45, 2.75) is 25.0 Å². The minimum atomic E-state index is -0.400. The Balaban J connectivity index is 1.85. The molecule has 1 aromatic rings. The molecule has 3 heteroatoms. The molecule has 2 atom stereocenters. The lowest BCUT2D eigenvalue weighted by Gasteiger charge is -2.36. The molecule has 0 amide bonds. The molecular formula is C13H17NO2. The fourth-order valence-corrected chi connectivity index (χ4v) is 2.71. The summed E-state index contributed by atoms with van der Waals surface area (Å²) in [5.74, 6) is 0.838. The molecule has 1 fully saturated rings. The molecule has 0 bridgehead atoms. The van der Waals surface area contributed by atoms with Crippen molar-refractivity contribution in [1.29, 1.82) is 0 Å². The van der Waals surface area contributed by atoms with E-state index in [1.807, 2.05) is 24.3 Å². The highest BCUT2D eigenvalue weighted by Gasteiger charge is 2.34. The van der Waals surface area contributed by atoms with E-state index < -0.39 is 6.10 Å². The van der Waals surface area contributed by atoms with Gasteiger partial charge in [0.05, 0.1) is 6.04 Å². The molecule has 0 aliphatic carbocycles. The lowest BCUT2D eigenvalue weighted by Crippen LogP contribution is -2.44. The SMILES string of the molecule is O[C@@H]1c2ccccc2OC[C@@H]1N1CCCC1. The zero-order valence-corrected chi connectivity index (χ0v) is 9.30. The van der Waals surface area contributed by atoms with Gasteiger partial charge in [-0.1, -0.05) is 18.2 Å². The van der Waals surface area contributed by atoms with Crippen molar-refractivity contribution in [2.75, 3.05) is 19.7 Å². The molecule has 16 heavy (non-hydrogen) atoms. The highest BCUT2D eigenvalue weighted by atomic mass is 16.5. The van der Waals surface area contributed by atoms with Crippen LogP contribution >= 0.6 is 0 Å². The van der Waals surface area contributed by atoms with Crippen molar-refractivity contribution >= 4 is 0 Å². The van der Waals surface area contributed by atoms with E-state index in [-0.39, 0.29) is 6.04 Å². The van der Waals surface area contributed by atoms with E-state index in [4.69, 9.17) is 4.74 Å². The molecule has 1 saturated heterocycles. The number of benzene rings is 1. The van der Waals surface area contributed by atoms with Crippen LogP contribution < -0.4 is 4.74 Å². The molecule has 0 spiro atoms. The second kappa shape index (κ2) is 4.07. The van der Waals surface area contributed by atoms with E-state index >= 15 is 0 Å². The van der Waals surface area contributed by atoms with Crippen molar-refractivity contribution < 1.29 is 9.84 Å². The van der Waals surface area contributed by atoms with Gasteiger partial charge in [0, 0.05) is 5.56 Å². The fourth-order valence-electron chi connectivity index (χ4n) is 2.71. The molecule has 0 saturated carbocycles. The maximum absolute atomic E-state index is 10.4. The molecule has 86 valence electrons. The molecule has 2 heterocycles. The molecule has 0 radical (unpaired) electrons. The zero-order chi connectivity index (χ0) is 11.0. The quantitative estimate of drug-likeness (QED) is 0.778. The van der Waals surface area contributed by atoms with Crippen LogP contribution in [0.2, 0.25) is 0 Å². The molecule has 3 nitrogen and oxygen atoms in total. The average molecular weight is 219 g/mol. The Kier molecular flexibility index (Phi) is 2.58. The molecule has 0 unspecified atom stereocenters. The number of likely N-dealkylation sites (tertiary alicyclic amines) is 1. The predicted molar refractivity (Wildman–Crippen MR) is 61.5 cm³/mol. The van der Waals surface area contributed by atoms with Crippen LogP contribution in [-0.4, -0.2) is 35.7 Å². The summed E-state index contributed by atoms with van der Waals surface area (Å²) in [6, 6.07) is 7.93. The minimum Gasteiger partial charge on any atom is -0.491 e. The lowest BCUT2D eigenvalue weighted by molar-refractivity contribution is 0.0140. The van der Waals surface area contributed by atoms with Crippen LogP contribution in [0.4, 0.5) is 0 Å². The van der Waals surface area contributed by atoms with Crippen molar-refractivity contribution in [2.24, 2.45) is 0 Å². The standard InChI is InChI=1S/C13H17NO2/c15-13-10-5-1-2-6-12(10)16-9-11(13)14-7-3-4-8-14/h1-2,5-6,11,13,15H,3-4,7-9H2/t11-,13+/m0/s1. The first-order valence-corrected chi connectivity index (χ1v) is 6.00. The van der Waals surface area contributed by atoms with Gasteiger partial charge in [-0.05, 0) is 32.0 Å². The Morgan fingerprint density at radius 1 is 1.19 bits per heavy atom. The topological polar surface area (TPSA) is 32.7 Å². The summed E-state index contributed by atoms with van der Waals surface area (Å²) < 4.78 is 5.72. The third kappa shape index (κ3) is 1.60. The van der Waals surface area contributed by atoms with Gasteiger partial charge in [-0.2, -0.15) is 0 Å². The third-order valence-electron chi connectivity index (χ3n) is 3.62. The highest BCUT2D eigenvalue weighted by molar-refractivity contribution is 5.37. The molecular weight excluding hydrogens is 202 g/mol. The summed E-state index contributed by atoms with van der Waals surface area (Å²) in [4.78, 5) is 2.35. The van der Waals surface area contributed by atoms with Crippen molar-refractivity contribution in [1.82, 2.24) is 4.90 Å². The summed E-state index contributed by atoms with van der Waals surface area (Å²) in [6.45, 7) is 2.79. The highest BCUT2D eigenvalue weighted by Crippen LogP contribution is 2.34. The van der Waals surface area contributed by atoms with Gasteiger partial charge in [0.25, 0.3) is 0 Å². The zero-order valence-electron chi connectivity index (χ0n) is 9.30. The van der Waals surface area contributed by atoms with Gasteiger partial charge in [0.1, 0.15) is 18.5 Å². The van der Waals surface area contributed by atoms with Crippen LogP contribution in [0.25, 0.3) is 0 Å². The van der Waals surface area contributed by atoms with E-state index in [0.29, 0.717) is 6.61 Å². The minimum absolute atomic E-state index is 0.136. The molecule has 1 aromatic carbocycles. The second-order valence-electron chi connectivity index (χ2n) is 4.60. The largest absolute Gasteiger partial charge is 0.491 e. The molecule has 2 aliphatic rings. The normalized spacial score (nSPS) is 29.8. The van der Waals surface area contributed by atoms with E-state index in [9.17, 15) is 5.11 Å². The van der Waals surface area contributed by atoms with Gasteiger partial charge in [0.2, 0.25) is 0 Å². The van der Waals surface area contributed by atoms with Gasteiger partial charge < -0.3 is 9.84 Å². The number of aliphatic hydroxyl groups excluding tert-OH is 1. The number of aliphatic hydroxyl groups is 1. The Morgan fingerprint density at radius 2 is 1.94 bits per heavy atom. The van der Waals surface area contributed by atoms with Gasteiger partial charge in [-0.15, -0.1) is 0 Å². The molecule has 3 rings (SSSR count). The van der Waals surface area contributed by atoms with Crippen LogP contribution in [0.1, 0.15) is 24.5 Å². The number of fused-ring (bicyclic) bond motifs is 1. The predicted octanol–water partition coefficient (Wildman–Crippen LogP) is 1.58. The molecule has 1 N–H and O–H groups in total. The second-order valence-corrected chi connectivity index (χ2v) is 4.60. The number of hydrogen-bond donors (Lipinski definition) is 1. The van der Waals surface area contributed by atoms with Crippen LogP contribution in [0.15, 0.2) is 24.3 Å². The number of nitrogens with zero attached hydrogens (tertiary/aromatic N) is 1. The van der Waals surface area contributed by atoms with Crippen LogP contribution in [0.3, 0.4) is 0 Å². The van der Waals surface area contributed by atoms with Crippen LogP contribution in [0.5, 0.6) is 5.75 Å². The van der Waals surface area contributed by atoms with E-state index in [1.54, 1.807) is 0 Å². The van der Waals surface area contributed by atoms with Crippen LogP contribution in [0, 0.1) is 0 Å². The van der Waals surface area contributed by atoms with E-state index in [1.165, 1.54) is 12.8 Å². The third-order valence-corrected chi connectivity index (χ3v) is 3.62. The summed E-state index contributed by atoms with van der Waals surface area (Å²) in [5, 5.41) is 10.4. The monoisotopic (exact) mass is 219 g/mol. The molecule has 2 aliphatic heterocycles. The lowest BCUT2D eigenvalue weighted by atomic mass is 9.98.